The zero-order valence-electron chi connectivity index (χ0n) is 12.0. The van der Waals surface area contributed by atoms with Crippen molar-refractivity contribution in [1.82, 2.24) is 0 Å². The second-order valence-electron chi connectivity index (χ2n) is 5.34. The molecule has 3 rings (SSSR count). The van der Waals surface area contributed by atoms with E-state index in [1.165, 1.54) is 0 Å². The summed E-state index contributed by atoms with van der Waals surface area (Å²) in [5.74, 6) is -0.0678. The van der Waals surface area contributed by atoms with E-state index in [0.717, 1.165) is 11.8 Å². The Morgan fingerprint density at radius 1 is 1.00 bits per heavy atom. The second-order valence-corrected chi connectivity index (χ2v) is 7.44. The molecular weight excluding hydrogens is 300 g/mol. The van der Waals surface area contributed by atoms with Gasteiger partial charge in [0.25, 0.3) is 0 Å². The number of methoxy groups -OCH3 is 1. The number of benzene rings is 2. The van der Waals surface area contributed by atoms with E-state index < -0.39 is 21.0 Å². The first kappa shape index (κ1) is 14.8. The lowest BCUT2D eigenvalue weighted by Crippen LogP contribution is -2.10. The van der Waals surface area contributed by atoms with Crippen LogP contribution in [0.3, 0.4) is 0 Å². The Labute approximate surface area is 129 Å². The summed E-state index contributed by atoms with van der Waals surface area (Å²) in [6.45, 7) is 0. The van der Waals surface area contributed by atoms with Crippen LogP contribution in [0.15, 0.2) is 59.5 Å². The molecule has 0 bridgehead atoms. The molecule has 0 spiro atoms. The molecule has 4 nitrogen and oxygen atoms in total. The molecule has 1 fully saturated rings. The first-order valence-electron chi connectivity index (χ1n) is 6.98. The van der Waals surface area contributed by atoms with Gasteiger partial charge in [-0.25, -0.2) is 8.42 Å². The highest BCUT2D eigenvalue weighted by Gasteiger charge is 2.58. The quantitative estimate of drug-likeness (QED) is 0.795. The average Bonchev–Trinajstić information content (AvgIpc) is 3.31. The van der Waals surface area contributed by atoms with Crippen LogP contribution in [-0.2, 0) is 14.6 Å². The third-order valence-electron chi connectivity index (χ3n) is 4.09. The van der Waals surface area contributed by atoms with Crippen molar-refractivity contribution in [2.24, 2.45) is 5.92 Å². The fourth-order valence-corrected chi connectivity index (χ4v) is 5.00. The van der Waals surface area contributed by atoms with Gasteiger partial charge in [-0.2, -0.15) is 0 Å². The molecule has 0 unspecified atom stereocenters. The minimum atomic E-state index is -3.50. The fourth-order valence-electron chi connectivity index (χ4n) is 2.87. The van der Waals surface area contributed by atoms with Crippen LogP contribution < -0.4 is 4.74 Å². The van der Waals surface area contributed by atoms with Gasteiger partial charge >= 0.3 is 0 Å². The zero-order chi connectivity index (χ0) is 15.7. The van der Waals surface area contributed by atoms with E-state index in [1.807, 2.05) is 12.1 Å². The monoisotopic (exact) mass is 316 g/mol. The summed E-state index contributed by atoms with van der Waals surface area (Å²) in [7, 11) is -1.93. The highest BCUT2D eigenvalue weighted by atomic mass is 32.2. The normalized spacial score (nSPS) is 23.8. The number of ether oxygens (including phenoxy) is 1. The number of rotatable bonds is 5. The van der Waals surface area contributed by atoms with Crippen molar-refractivity contribution in [2.45, 2.75) is 16.1 Å². The lowest BCUT2D eigenvalue weighted by Gasteiger charge is -2.05. The molecule has 22 heavy (non-hydrogen) atoms. The lowest BCUT2D eigenvalue weighted by molar-refractivity contribution is -0.108. The van der Waals surface area contributed by atoms with Crippen molar-refractivity contribution < 1.29 is 17.9 Å². The Bertz CT molecular complexity index is 766. The van der Waals surface area contributed by atoms with Crippen molar-refractivity contribution in [2.75, 3.05) is 7.11 Å². The van der Waals surface area contributed by atoms with E-state index >= 15 is 0 Å². The molecule has 0 aliphatic heterocycles. The summed E-state index contributed by atoms with van der Waals surface area (Å²) in [6, 6.07) is 15.5. The first-order chi connectivity index (χ1) is 10.6. The van der Waals surface area contributed by atoms with E-state index in [4.69, 9.17) is 4.74 Å². The summed E-state index contributed by atoms with van der Waals surface area (Å²) >= 11 is 0. The molecule has 5 heteroatoms. The van der Waals surface area contributed by atoms with Crippen LogP contribution in [0.2, 0.25) is 0 Å². The molecule has 2 aromatic carbocycles. The lowest BCUT2D eigenvalue weighted by atomic mass is 10.1. The third-order valence-corrected chi connectivity index (χ3v) is 6.35. The minimum Gasteiger partial charge on any atom is -0.497 e. The molecular formula is C17H16O4S. The van der Waals surface area contributed by atoms with Gasteiger partial charge in [-0.05, 0) is 29.8 Å². The van der Waals surface area contributed by atoms with Gasteiger partial charge in [-0.15, -0.1) is 0 Å². The standard InChI is InChI=1S/C17H16O4S/c1-21-13-9-7-12(8-10-13)16-15(11-18)17(16)22(19,20)14-5-3-2-4-6-14/h2-11,15-17H,1H3/t15-,16-,17+/m1/s1. The molecule has 2 aromatic rings. The van der Waals surface area contributed by atoms with Gasteiger partial charge < -0.3 is 9.53 Å². The number of carbonyl (C=O) groups excluding carboxylic acids is 1. The van der Waals surface area contributed by atoms with Crippen molar-refractivity contribution in [3.63, 3.8) is 0 Å². The Morgan fingerprint density at radius 2 is 1.64 bits per heavy atom. The number of hydrogen-bond acceptors (Lipinski definition) is 4. The minimum absolute atomic E-state index is 0.267. The van der Waals surface area contributed by atoms with Gasteiger partial charge in [-0.1, -0.05) is 30.3 Å². The molecule has 0 aromatic heterocycles. The molecule has 0 N–H and O–H groups in total. The van der Waals surface area contributed by atoms with Crippen LogP contribution in [0.5, 0.6) is 5.75 Å². The maximum atomic E-state index is 12.7. The molecule has 114 valence electrons. The maximum Gasteiger partial charge on any atom is 0.182 e. The number of hydrogen-bond donors (Lipinski definition) is 0. The number of aldehydes is 1. The molecule has 1 saturated carbocycles. The Morgan fingerprint density at radius 3 is 2.18 bits per heavy atom. The maximum absolute atomic E-state index is 12.7. The van der Waals surface area contributed by atoms with Gasteiger partial charge in [-0.3, -0.25) is 0 Å². The SMILES string of the molecule is COc1ccc([C@@H]2[C@@H](C=O)[C@@H]2S(=O)(=O)c2ccccc2)cc1. The summed E-state index contributed by atoms with van der Waals surface area (Å²) in [4.78, 5) is 11.5. The smallest absolute Gasteiger partial charge is 0.182 e. The van der Waals surface area contributed by atoms with Gasteiger partial charge in [0.1, 0.15) is 12.0 Å². The average molecular weight is 316 g/mol. The van der Waals surface area contributed by atoms with Crippen LogP contribution in [0.1, 0.15) is 11.5 Å². The van der Waals surface area contributed by atoms with E-state index in [0.29, 0.717) is 5.75 Å². The summed E-state index contributed by atoms with van der Waals surface area (Å²) in [5.41, 5.74) is 0.849. The Kier molecular flexibility index (Phi) is 3.74. The third kappa shape index (κ3) is 2.41. The number of carbonyl (C=O) groups is 1. The topological polar surface area (TPSA) is 60.4 Å². The fraction of sp³-hybridized carbons (Fsp3) is 0.235. The van der Waals surface area contributed by atoms with E-state index in [9.17, 15) is 13.2 Å². The van der Waals surface area contributed by atoms with E-state index in [-0.39, 0.29) is 10.8 Å². The van der Waals surface area contributed by atoms with Gasteiger partial charge in [0.15, 0.2) is 9.84 Å². The molecule has 0 saturated heterocycles. The Balaban J connectivity index is 1.93. The first-order valence-corrected chi connectivity index (χ1v) is 8.52. The summed E-state index contributed by atoms with van der Waals surface area (Å²) in [5, 5.41) is -0.680. The summed E-state index contributed by atoms with van der Waals surface area (Å²) < 4.78 is 30.5. The predicted molar refractivity (Wildman–Crippen MR) is 82.7 cm³/mol. The van der Waals surface area contributed by atoms with E-state index in [1.54, 1.807) is 49.6 Å². The predicted octanol–water partition coefficient (Wildman–Crippen LogP) is 2.45. The molecule has 1 aliphatic rings. The molecule has 0 amide bonds. The van der Waals surface area contributed by atoms with Crippen LogP contribution >= 0.6 is 0 Å². The molecule has 1 aliphatic carbocycles. The Hall–Kier alpha value is -2.14. The van der Waals surface area contributed by atoms with Crippen LogP contribution in [-0.4, -0.2) is 27.1 Å². The second kappa shape index (κ2) is 5.57. The van der Waals surface area contributed by atoms with Crippen molar-refractivity contribution >= 4 is 16.1 Å². The summed E-state index contributed by atoms with van der Waals surface area (Å²) in [6.07, 6.45) is 0.750. The van der Waals surface area contributed by atoms with E-state index in [2.05, 4.69) is 0 Å². The molecule has 3 atom stereocenters. The van der Waals surface area contributed by atoms with Crippen molar-refractivity contribution in [3.05, 3.63) is 60.2 Å². The molecule has 0 heterocycles. The highest BCUT2D eigenvalue weighted by molar-refractivity contribution is 7.92. The highest BCUT2D eigenvalue weighted by Crippen LogP contribution is 2.52. The van der Waals surface area contributed by atoms with Gasteiger partial charge in [0, 0.05) is 11.8 Å². The van der Waals surface area contributed by atoms with Gasteiger partial charge in [0.05, 0.1) is 17.3 Å². The largest absolute Gasteiger partial charge is 0.497 e. The zero-order valence-corrected chi connectivity index (χ0v) is 12.9. The van der Waals surface area contributed by atoms with Gasteiger partial charge in [0.2, 0.25) is 0 Å². The van der Waals surface area contributed by atoms with Crippen LogP contribution in [0.4, 0.5) is 0 Å². The van der Waals surface area contributed by atoms with Crippen LogP contribution in [0, 0.1) is 5.92 Å². The van der Waals surface area contributed by atoms with Crippen LogP contribution in [0.25, 0.3) is 0 Å². The number of sulfone groups is 1. The molecule has 0 radical (unpaired) electrons. The van der Waals surface area contributed by atoms with Crippen molar-refractivity contribution in [3.8, 4) is 5.75 Å². The van der Waals surface area contributed by atoms with Crippen molar-refractivity contribution in [1.29, 1.82) is 0 Å².